The summed E-state index contributed by atoms with van der Waals surface area (Å²) in [6.07, 6.45) is 3.80. The van der Waals surface area contributed by atoms with Crippen LogP contribution in [0.25, 0.3) is 33.4 Å². The number of fused-ring (bicyclic) bond motifs is 1. The molecule has 6 nitrogen and oxygen atoms in total. The molecule has 1 N–H and O–H groups in total. The van der Waals surface area contributed by atoms with Gasteiger partial charge in [0, 0.05) is 35.8 Å². The van der Waals surface area contributed by atoms with Gasteiger partial charge in [0.05, 0.1) is 22.5 Å². The fraction of sp³-hybridized carbons (Fsp3) is 0.304. The Bertz CT molecular complexity index is 1260. The number of hydrogen-bond acceptors (Lipinski definition) is 5. The number of benzene rings is 1. The summed E-state index contributed by atoms with van der Waals surface area (Å²) >= 11 is 1.32. The predicted octanol–water partition coefficient (Wildman–Crippen LogP) is 5.34. The van der Waals surface area contributed by atoms with E-state index in [2.05, 4.69) is 30.3 Å². The van der Waals surface area contributed by atoms with E-state index >= 15 is 0 Å². The van der Waals surface area contributed by atoms with Gasteiger partial charge in [-0.1, -0.05) is 26.0 Å². The largest absolute Gasteiger partial charge is 0.316 e. The maximum absolute atomic E-state index is 12.7. The number of nitrogens with zero attached hydrogens (tertiary/aromatic N) is 4. The van der Waals surface area contributed by atoms with Crippen LogP contribution < -0.4 is 5.32 Å². The number of carbonyl (C=O) groups is 1. The summed E-state index contributed by atoms with van der Waals surface area (Å²) in [7, 11) is 1.92. The van der Waals surface area contributed by atoms with Crippen molar-refractivity contribution in [1.29, 1.82) is 0 Å². The number of anilines is 1. The van der Waals surface area contributed by atoms with Gasteiger partial charge in [-0.25, -0.2) is 0 Å². The Morgan fingerprint density at radius 1 is 1.29 bits per heavy atom. The predicted molar refractivity (Wildman–Crippen MR) is 128 cm³/mol. The summed E-state index contributed by atoms with van der Waals surface area (Å²) in [4.78, 5) is 17.5. The highest BCUT2D eigenvalue weighted by atomic mass is 35.5. The maximum Gasteiger partial charge on any atom is 0.228 e. The molecule has 0 saturated heterocycles. The van der Waals surface area contributed by atoms with Crippen LogP contribution in [-0.2, 0) is 18.3 Å². The number of pyridine rings is 1. The van der Waals surface area contributed by atoms with E-state index in [4.69, 9.17) is 9.36 Å². The Balaban J connectivity index is 0.00000231. The Morgan fingerprint density at radius 3 is 2.84 bits per heavy atom. The molecule has 31 heavy (non-hydrogen) atoms. The molecule has 1 fully saturated rings. The van der Waals surface area contributed by atoms with E-state index in [0.717, 1.165) is 57.0 Å². The van der Waals surface area contributed by atoms with Crippen LogP contribution in [0.2, 0.25) is 0 Å². The van der Waals surface area contributed by atoms with Gasteiger partial charge >= 0.3 is 0 Å². The molecule has 0 unspecified atom stereocenters. The summed E-state index contributed by atoms with van der Waals surface area (Å²) in [5.74, 6) is 0.633. The smallest absolute Gasteiger partial charge is 0.228 e. The van der Waals surface area contributed by atoms with E-state index in [1.165, 1.54) is 11.5 Å². The first kappa shape index (κ1) is 21.5. The molecular formula is C23H24ClN5OS. The third-order valence-corrected chi connectivity index (χ3v) is 6.46. The van der Waals surface area contributed by atoms with Gasteiger partial charge in [-0.2, -0.15) is 9.47 Å². The second kappa shape index (κ2) is 8.40. The minimum atomic E-state index is 0. The Morgan fingerprint density at radius 2 is 2.10 bits per heavy atom. The van der Waals surface area contributed by atoms with Gasteiger partial charge in [0.25, 0.3) is 0 Å². The number of rotatable bonds is 5. The summed E-state index contributed by atoms with van der Waals surface area (Å²) in [6.45, 7) is 4.20. The fourth-order valence-electron chi connectivity index (χ4n) is 3.81. The third kappa shape index (κ3) is 4.07. The Hall–Kier alpha value is -2.77. The molecule has 0 aliphatic heterocycles. The highest BCUT2D eigenvalue weighted by molar-refractivity contribution is 7.11. The first-order valence-corrected chi connectivity index (χ1v) is 11.0. The van der Waals surface area contributed by atoms with Gasteiger partial charge < -0.3 is 5.32 Å². The van der Waals surface area contributed by atoms with Gasteiger partial charge in [-0.05, 0) is 54.6 Å². The van der Waals surface area contributed by atoms with Crippen LogP contribution in [-0.4, -0.2) is 25.0 Å². The van der Waals surface area contributed by atoms with Crippen LogP contribution >= 0.6 is 23.9 Å². The molecule has 0 spiro atoms. The molecule has 1 aliphatic rings. The quantitative estimate of drug-likeness (QED) is 0.442. The zero-order valence-corrected chi connectivity index (χ0v) is 19.3. The maximum atomic E-state index is 12.7. The van der Waals surface area contributed by atoms with Gasteiger partial charge in [0.15, 0.2) is 0 Å². The molecule has 2 atom stereocenters. The van der Waals surface area contributed by atoms with Crippen molar-refractivity contribution < 1.29 is 4.79 Å². The number of amides is 1. The zero-order chi connectivity index (χ0) is 20.8. The first-order valence-electron chi connectivity index (χ1n) is 10.2. The zero-order valence-electron chi connectivity index (χ0n) is 17.6. The van der Waals surface area contributed by atoms with Crippen LogP contribution in [0.5, 0.6) is 0 Å². The van der Waals surface area contributed by atoms with Crippen molar-refractivity contribution in [2.75, 3.05) is 5.32 Å². The van der Waals surface area contributed by atoms with E-state index in [9.17, 15) is 4.79 Å². The second-order valence-electron chi connectivity index (χ2n) is 7.99. The minimum Gasteiger partial charge on any atom is -0.316 e. The van der Waals surface area contributed by atoms with Crippen molar-refractivity contribution in [3.63, 3.8) is 0 Å². The average molecular weight is 454 g/mol. The third-order valence-electron chi connectivity index (χ3n) is 5.69. The molecule has 1 amide bonds. The average Bonchev–Trinajstić information content (AvgIpc) is 3.16. The van der Waals surface area contributed by atoms with Crippen molar-refractivity contribution in [3.05, 3.63) is 48.3 Å². The van der Waals surface area contributed by atoms with Crippen LogP contribution in [0.1, 0.15) is 26.0 Å². The number of hydrogen-bond donors (Lipinski definition) is 1. The van der Waals surface area contributed by atoms with E-state index in [1.54, 1.807) is 0 Å². The number of nitrogens with one attached hydrogen (secondary N) is 1. The number of halogens is 1. The van der Waals surface area contributed by atoms with Crippen molar-refractivity contribution in [1.82, 2.24) is 19.1 Å². The van der Waals surface area contributed by atoms with Crippen LogP contribution in [0, 0.1) is 11.8 Å². The summed E-state index contributed by atoms with van der Waals surface area (Å²) in [5, 5.41) is 9.41. The van der Waals surface area contributed by atoms with Crippen molar-refractivity contribution in [2.45, 2.75) is 26.7 Å². The first-order chi connectivity index (χ1) is 14.5. The SMILES string of the molecule is CCc1cccc(-c2c(-c3ccc4nn(C)cc4c3)nsc2NC(=O)[C@@H]2C[C@H]2C)n1.Cl. The van der Waals surface area contributed by atoms with Crippen LogP contribution in [0.3, 0.4) is 0 Å². The summed E-state index contributed by atoms with van der Waals surface area (Å²) < 4.78 is 6.55. The Kier molecular flexibility index (Phi) is 5.81. The lowest BCUT2D eigenvalue weighted by atomic mass is 10.0. The molecule has 5 rings (SSSR count). The molecule has 3 aromatic heterocycles. The number of aromatic nitrogens is 4. The second-order valence-corrected chi connectivity index (χ2v) is 8.76. The minimum absolute atomic E-state index is 0. The molecule has 1 saturated carbocycles. The topological polar surface area (TPSA) is 72.7 Å². The molecule has 4 aromatic rings. The normalized spacial score (nSPS) is 17.4. The van der Waals surface area contributed by atoms with Crippen molar-refractivity contribution in [2.24, 2.45) is 18.9 Å². The summed E-state index contributed by atoms with van der Waals surface area (Å²) in [5.41, 5.74) is 5.51. The van der Waals surface area contributed by atoms with Gasteiger partial charge in [-0.15, -0.1) is 12.4 Å². The van der Waals surface area contributed by atoms with E-state index in [1.807, 2.05) is 48.3 Å². The monoisotopic (exact) mass is 453 g/mol. The highest BCUT2D eigenvalue weighted by Gasteiger charge is 2.39. The van der Waals surface area contributed by atoms with Gasteiger partial charge in [0.2, 0.25) is 5.91 Å². The molecular weight excluding hydrogens is 430 g/mol. The summed E-state index contributed by atoms with van der Waals surface area (Å²) in [6, 6.07) is 12.2. The van der Waals surface area contributed by atoms with Crippen molar-refractivity contribution >= 4 is 45.8 Å². The number of aryl methyl sites for hydroxylation is 2. The number of carbonyl (C=O) groups excluding carboxylic acids is 1. The molecule has 160 valence electrons. The highest BCUT2D eigenvalue weighted by Crippen LogP contribution is 2.43. The van der Waals surface area contributed by atoms with Crippen LogP contribution in [0.15, 0.2) is 42.6 Å². The van der Waals surface area contributed by atoms with Gasteiger partial charge in [-0.3, -0.25) is 14.5 Å². The Labute approximate surface area is 191 Å². The lowest BCUT2D eigenvalue weighted by Crippen LogP contribution is -2.14. The standard InChI is InChI=1S/C23H23N5OS.ClH/c1-4-16-6-5-7-19(24-16)20-21(14-8-9-18-15(11-14)12-28(3)26-18)27-30-23(20)25-22(29)17-10-13(17)2;/h5-9,11-13,17H,4,10H2,1-3H3,(H,25,29);1H/t13-,17-;/m1./s1. The van der Waals surface area contributed by atoms with Gasteiger partial charge in [0.1, 0.15) is 5.00 Å². The molecule has 0 radical (unpaired) electrons. The van der Waals surface area contributed by atoms with Crippen LogP contribution in [0.4, 0.5) is 5.00 Å². The van der Waals surface area contributed by atoms with E-state index in [0.29, 0.717) is 5.92 Å². The molecule has 1 aliphatic carbocycles. The molecule has 1 aromatic carbocycles. The fourth-order valence-corrected chi connectivity index (χ4v) is 4.63. The van der Waals surface area contributed by atoms with E-state index in [-0.39, 0.29) is 24.2 Å². The molecule has 3 heterocycles. The lowest BCUT2D eigenvalue weighted by molar-refractivity contribution is -0.117. The molecule has 8 heteroatoms. The lowest BCUT2D eigenvalue weighted by Gasteiger charge is -2.09. The molecule has 0 bridgehead atoms. The van der Waals surface area contributed by atoms with E-state index < -0.39 is 0 Å². The van der Waals surface area contributed by atoms with Crippen molar-refractivity contribution in [3.8, 4) is 22.5 Å².